The molecule has 0 bridgehead atoms. The second-order valence-corrected chi connectivity index (χ2v) is 7.83. The number of nitrogens with one attached hydrogen (secondary N) is 2. The minimum atomic E-state index is -1.21. The summed E-state index contributed by atoms with van der Waals surface area (Å²) in [6, 6.07) is 16.6. The van der Waals surface area contributed by atoms with Gasteiger partial charge in [-0.1, -0.05) is 0 Å². The van der Waals surface area contributed by atoms with Crippen LogP contribution in [0.15, 0.2) is 73.1 Å². The van der Waals surface area contributed by atoms with Crippen LogP contribution in [-0.2, 0) is 9.59 Å². The molecule has 4 N–H and O–H groups in total. The third kappa shape index (κ3) is 3.35. The van der Waals surface area contributed by atoms with E-state index in [1.54, 1.807) is 18.3 Å². The van der Waals surface area contributed by atoms with Gasteiger partial charge in [0, 0.05) is 34.8 Å². The monoisotopic (exact) mass is 429 g/mol. The molecule has 0 unspecified atom stereocenters. The lowest BCUT2D eigenvalue weighted by atomic mass is 10.0. The van der Waals surface area contributed by atoms with Crippen LogP contribution in [0.3, 0.4) is 0 Å². The fourth-order valence-electron chi connectivity index (χ4n) is 3.80. The van der Waals surface area contributed by atoms with E-state index in [4.69, 9.17) is 5.73 Å². The van der Waals surface area contributed by atoms with Crippen LogP contribution in [0.2, 0.25) is 0 Å². The van der Waals surface area contributed by atoms with Crippen molar-refractivity contribution in [2.75, 3.05) is 10.2 Å². The van der Waals surface area contributed by atoms with Crippen molar-refractivity contribution < 1.29 is 14.0 Å². The summed E-state index contributed by atoms with van der Waals surface area (Å²) < 4.78 is 13.5. The van der Waals surface area contributed by atoms with Crippen LogP contribution in [0.25, 0.3) is 11.0 Å². The fraction of sp³-hybridized carbons (Fsp3) is 0.125. The first-order valence-electron chi connectivity index (χ1n) is 10.2. The highest BCUT2D eigenvalue weighted by Gasteiger charge is 2.57. The minimum absolute atomic E-state index is 0.402. The zero-order chi connectivity index (χ0) is 22.3. The lowest BCUT2D eigenvalue weighted by Crippen LogP contribution is -2.41. The number of pyridine rings is 1. The number of rotatable bonds is 6. The van der Waals surface area contributed by atoms with Gasteiger partial charge in [0.15, 0.2) is 0 Å². The first-order chi connectivity index (χ1) is 15.5. The molecule has 5 rings (SSSR count). The largest absolute Gasteiger partial charge is 0.369 e. The molecule has 2 aromatic heterocycles. The Balaban J connectivity index is 1.48. The predicted molar refractivity (Wildman–Crippen MR) is 120 cm³/mol. The van der Waals surface area contributed by atoms with Crippen LogP contribution < -0.4 is 16.0 Å². The Hall–Kier alpha value is -4.20. The van der Waals surface area contributed by atoms with Gasteiger partial charge >= 0.3 is 0 Å². The number of halogens is 1. The van der Waals surface area contributed by atoms with Crippen molar-refractivity contribution in [1.29, 1.82) is 0 Å². The van der Waals surface area contributed by atoms with E-state index in [2.05, 4.69) is 15.3 Å². The highest BCUT2D eigenvalue weighted by atomic mass is 19.1. The fourth-order valence-corrected chi connectivity index (χ4v) is 3.80. The van der Waals surface area contributed by atoms with Gasteiger partial charge < -0.3 is 16.0 Å². The number of hydrogen-bond donors (Lipinski definition) is 3. The number of aromatic amines is 1. The van der Waals surface area contributed by atoms with Gasteiger partial charge in [0.05, 0.1) is 5.69 Å². The number of primary amides is 1. The first-order valence-corrected chi connectivity index (χ1v) is 10.2. The molecule has 4 aromatic rings. The van der Waals surface area contributed by atoms with E-state index in [1.165, 1.54) is 29.2 Å². The SMILES string of the molecule is NC(=O)C1(C(=O)N(c2ccc(F)cc2)c2ccc(Nc3ccnc4[nH]ccc34)cc2)CC1. The van der Waals surface area contributed by atoms with Crippen LogP contribution in [0.5, 0.6) is 0 Å². The Kier molecular flexibility index (Phi) is 4.62. The number of H-pyrrole nitrogens is 1. The molecule has 1 fully saturated rings. The topological polar surface area (TPSA) is 104 Å². The van der Waals surface area contributed by atoms with E-state index in [1.807, 2.05) is 30.5 Å². The summed E-state index contributed by atoms with van der Waals surface area (Å²) in [4.78, 5) is 34.1. The van der Waals surface area contributed by atoms with Crippen molar-refractivity contribution >= 4 is 45.6 Å². The van der Waals surface area contributed by atoms with Crippen molar-refractivity contribution in [3.05, 3.63) is 78.9 Å². The molecule has 0 aliphatic heterocycles. The molecular formula is C24H20FN5O2. The summed E-state index contributed by atoms with van der Waals surface area (Å²) in [7, 11) is 0. The number of anilines is 4. The van der Waals surface area contributed by atoms with Crippen LogP contribution >= 0.6 is 0 Å². The standard InChI is InChI=1S/C24H20FN5O2/c25-15-1-5-17(6-2-15)30(23(32)24(11-12-24)22(26)31)18-7-3-16(4-8-18)29-20-10-14-28-21-19(20)9-13-27-21/h1-10,13-14H,11-12H2,(H2,26,31)(H2,27,28,29). The molecule has 2 amide bonds. The Bertz CT molecular complexity index is 1310. The Morgan fingerprint density at radius 2 is 1.66 bits per heavy atom. The summed E-state index contributed by atoms with van der Waals surface area (Å²) in [6.45, 7) is 0. The van der Waals surface area contributed by atoms with Crippen molar-refractivity contribution in [2.45, 2.75) is 12.8 Å². The average molecular weight is 429 g/mol. The number of nitrogens with two attached hydrogens (primary N) is 1. The van der Waals surface area contributed by atoms with Gasteiger partial charge in [-0.2, -0.15) is 0 Å². The number of amides is 2. The molecule has 8 heteroatoms. The van der Waals surface area contributed by atoms with Crippen molar-refractivity contribution in [2.24, 2.45) is 11.1 Å². The molecule has 0 saturated heterocycles. The third-order valence-corrected chi connectivity index (χ3v) is 5.78. The Morgan fingerprint density at radius 1 is 1.00 bits per heavy atom. The molecule has 0 atom stereocenters. The van der Waals surface area contributed by atoms with Crippen LogP contribution in [0.4, 0.5) is 27.1 Å². The van der Waals surface area contributed by atoms with Gasteiger partial charge in [-0.05, 0) is 73.5 Å². The van der Waals surface area contributed by atoms with Crippen LogP contribution in [0, 0.1) is 11.2 Å². The molecule has 0 spiro atoms. The normalized spacial score (nSPS) is 14.2. The van der Waals surface area contributed by atoms with E-state index in [0.717, 1.165) is 22.4 Å². The molecule has 1 aliphatic carbocycles. The lowest BCUT2D eigenvalue weighted by molar-refractivity contribution is -0.133. The van der Waals surface area contributed by atoms with Crippen LogP contribution in [-0.4, -0.2) is 21.8 Å². The lowest BCUT2D eigenvalue weighted by Gasteiger charge is -2.26. The first kappa shape index (κ1) is 19.7. The number of benzene rings is 2. The Morgan fingerprint density at radius 3 is 2.28 bits per heavy atom. The number of nitrogens with zero attached hydrogens (tertiary/aromatic N) is 2. The maximum Gasteiger partial charge on any atom is 0.247 e. The summed E-state index contributed by atoms with van der Waals surface area (Å²) in [5, 5.41) is 4.30. The average Bonchev–Trinajstić information content (AvgIpc) is 3.47. The summed E-state index contributed by atoms with van der Waals surface area (Å²) >= 11 is 0. The van der Waals surface area contributed by atoms with Gasteiger partial charge in [0.1, 0.15) is 16.9 Å². The van der Waals surface area contributed by atoms with Gasteiger partial charge in [0.2, 0.25) is 11.8 Å². The maximum absolute atomic E-state index is 13.5. The van der Waals surface area contributed by atoms with Gasteiger partial charge in [-0.3, -0.25) is 14.5 Å². The number of carbonyl (C=O) groups is 2. The molecule has 7 nitrogen and oxygen atoms in total. The van der Waals surface area contributed by atoms with E-state index in [0.29, 0.717) is 24.2 Å². The minimum Gasteiger partial charge on any atom is -0.369 e. The van der Waals surface area contributed by atoms with E-state index >= 15 is 0 Å². The number of carbonyl (C=O) groups excluding carboxylic acids is 2. The number of aromatic nitrogens is 2. The maximum atomic E-state index is 13.5. The molecule has 1 saturated carbocycles. The Labute approximate surface area is 183 Å². The van der Waals surface area contributed by atoms with E-state index in [-0.39, 0.29) is 0 Å². The zero-order valence-corrected chi connectivity index (χ0v) is 17.0. The highest BCUT2D eigenvalue weighted by Crippen LogP contribution is 2.49. The molecule has 2 heterocycles. The molecular weight excluding hydrogens is 409 g/mol. The third-order valence-electron chi connectivity index (χ3n) is 5.78. The van der Waals surface area contributed by atoms with Gasteiger partial charge in [0.25, 0.3) is 0 Å². The summed E-state index contributed by atoms with van der Waals surface area (Å²) in [5.74, 6) is -1.45. The summed E-state index contributed by atoms with van der Waals surface area (Å²) in [5.41, 5.74) is 7.83. The second kappa shape index (κ2) is 7.49. The van der Waals surface area contributed by atoms with Crippen molar-refractivity contribution in [1.82, 2.24) is 9.97 Å². The molecule has 0 radical (unpaired) electrons. The molecule has 2 aromatic carbocycles. The van der Waals surface area contributed by atoms with E-state index in [9.17, 15) is 14.0 Å². The smallest absolute Gasteiger partial charge is 0.247 e. The van der Waals surface area contributed by atoms with Gasteiger partial charge in [-0.15, -0.1) is 0 Å². The highest BCUT2D eigenvalue weighted by molar-refractivity contribution is 6.16. The molecule has 160 valence electrons. The van der Waals surface area contributed by atoms with Crippen molar-refractivity contribution in [3.8, 4) is 0 Å². The van der Waals surface area contributed by atoms with E-state index < -0.39 is 23.0 Å². The quantitative estimate of drug-likeness (QED) is 0.396. The molecule has 1 aliphatic rings. The van der Waals surface area contributed by atoms with Crippen LogP contribution in [0.1, 0.15) is 12.8 Å². The predicted octanol–water partition coefficient (Wildman–Crippen LogP) is 4.38. The number of hydrogen-bond acceptors (Lipinski definition) is 4. The second-order valence-electron chi connectivity index (χ2n) is 7.83. The number of fused-ring (bicyclic) bond motifs is 1. The summed E-state index contributed by atoms with van der Waals surface area (Å²) in [6.07, 6.45) is 4.36. The van der Waals surface area contributed by atoms with Crippen molar-refractivity contribution in [3.63, 3.8) is 0 Å². The van der Waals surface area contributed by atoms with Gasteiger partial charge in [-0.25, -0.2) is 9.37 Å². The molecule has 32 heavy (non-hydrogen) atoms. The zero-order valence-electron chi connectivity index (χ0n) is 17.0.